The van der Waals surface area contributed by atoms with E-state index in [0.29, 0.717) is 14.6 Å². The monoisotopic (exact) mass is 378 g/mol. The SMILES string of the molecule is Cn1c(=O)c([I+]c2ccccc2)c([O-])c2cccnc21. The highest BCUT2D eigenvalue weighted by atomic mass is 127. The van der Waals surface area contributed by atoms with Crippen LogP contribution in [0.5, 0.6) is 5.75 Å². The Morgan fingerprint density at radius 1 is 1.15 bits per heavy atom. The average molecular weight is 378 g/mol. The lowest BCUT2D eigenvalue weighted by molar-refractivity contribution is -0.605. The van der Waals surface area contributed by atoms with E-state index < -0.39 is 21.2 Å². The molecule has 0 N–H and O–H groups in total. The van der Waals surface area contributed by atoms with E-state index in [1.165, 1.54) is 4.57 Å². The second kappa shape index (κ2) is 5.24. The maximum atomic E-state index is 12.5. The maximum absolute atomic E-state index is 12.5. The summed E-state index contributed by atoms with van der Waals surface area (Å²) in [6, 6.07) is 13.1. The van der Waals surface area contributed by atoms with E-state index in [0.717, 1.165) is 3.57 Å². The molecule has 20 heavy (non-hydrogen) atoms. The van der Waals surface area contributed by atoms with E-state index in [1.54, 1.807) is 25.4 Å². The quantitative estimate of drug-likeness (QED) is 0.492. The minimum Gasteiger partial charge on any atom is -0.869 e. The summed E-state index contributed by atoms with van der Waals surface area (Å²) in [5, 5.41) is 13.0. The van der Waals surface area contributed by atoms with E-state index in [4.69, 9.17) is 0 Å². The maximum Gasteiger partial charge on any atom is 0.363 e. The smallest absolute Gasteiger partial charge is 0.363 e. The molecule has 1 aromatic carbocycles. The molecule has 0 aliphatic rings. The van der Waals surface area contributed by atoms with Crippen molar-refractivity contribution in [2.24, 2.45) is 7.05 Å². The van der Waals surface area contributed by atoms with Crippen LogP contribution in [0.2, 0.25) is 0 Å². The largest absolute Gasteiger partial charge is 0.869 e. The molecule has 2 heterocycles. The molecule has 0 bridgehead atoms. The van der Waals surface area contributed by atoms with E-state index in [1.807, 2.05) is 30.3 Å². The van der Waals surface area contributed by atoms with Gasteiger partial charge in [0.2, 0.25) is 0 Å². The number of halogens is 1. The summed E-state index contributed by atoms with van der Waals surface area (Å²) >= 11 is -0.780. The van der Waals surface area contributed by atoms with Gasteiger partial charge in [-0.05, 0) is 23.9 Å². The van der Waals surface area contributed by atoms with Crippen LogP contribution in [0.4, 0.5) is 0 Å². The molecule has 3 aromatic rings. The van der Waals surface area contributed by atoms with Crippen molar-refractivity contribution < 1.29 is 26.3 Å². The lowest BCUT2D eigenvalue weighted by Gasteiger charge is -2.11. The van der Waals surface area contributed by atoms with E-state index in [2.05, 4.69) is 4.98 Å². The van der Waals surface area contributed by atoms with Crippen molar-refractivity contribution in [2.75, 3.05) is 0 Å². The first-order chi connectivity index (χ1) is 9.68. The van der Waals surface area contributed by atoms with Gasteiger partial charge in [-0.15, -0.1) is 0 Å². The molecule has 0 aliphatic heterocycles. The van der Waals surface area contributed by atoms with Crippen LogP contribution in [0.1, 0.15) is 0 Å². The molecule has 0 radical (unpaired) electrons. The zero-order chi connectivity index (χ0) is 14.1. The van der Waals surface area contributed by atoms with E-state index in [-0.39, 0.29) is 11.3 Å². The Bertz CT molecular complexity index is 828. The highest BCUT2D eigenvalue weighted by Crippen LogP contribution is 2.16. The van der Waals surface area contributed by atoms with E-state index in [9.17, 15) is 9.90 Å². The summed E-state index contributed by atoms with van der Waals surface area (Å²) in [6.07, 6.45) is 1.59. The van der Waals surface area contributed by atoms with Gasteiger partial charge >= 0.3 is 26.8 Å². The fraction of sp³-hybridized carbons (Fsp3) is 0.0667. The fourth-order valence-electron chi connectivity index (χ4n) is 1.97. The van der Waals surface area contributed by atoms with Gasteiger partial charge in [0.05, 0.1) is 0 Å². The van der Waals surface area contributed by atoms with Gasteiger partial charge in [-0.3, -0.25) is 9.36 Å². The first kappa shape index (κ1) is 13.1. The summed E-state index contributed by atoms with van der Waals surface area (Å²) in [6.45, 7) is 0. The second-order valence-corrected chi connectivity index (χ2v) is 7.14. The third kappa shape index (κ3) is 2.18. The number of benzene rings is 1. The highest BCUT2D eigenvalue weighted by molar-refractivity contribution is 5.80. The van der Waals surface area contributed by atoms with Crippen LogP contribution in [0.3, 0.4) is 0 Å². The van der Waals surface area contributed by atoms with Crippen LogP contribution in [0.15, 0.2) is 53.5 Å². The van der Waals surface area contributed by atoms with Crippen LogP contribution in [-0.4, -0.2) is 9.55 Å². The average Bonchev–Trinajstić information content (AvgIpc) is 2.50. The van der Waals surface area contributed by atoms with Gasteiger partial charge in [0.15, 0.2) is 3.57 Å². The molecule has 0 atom stereocenters. The molecule has 0 fully saturated rings. The molecule has 0 saturated heterocycles. The van der Waals surface area contributed by atoms with Crippen LogP contribution in [0.25, 0.3) is 11.0 Å². The first-order valence-corrected chi connectivity index (χ1v) is 8.19. The van der Waals surface area contributed by atoms with Crippen LogP contribution in [0, 0.1) is 7.14 Å². The molecular formula is C15H11IN2O2. The number of aromatic nitrogens is 2. The molecule has 100 valence electrons. The number of aryl methyl sites for hydroxylation is 1. The molecule has 0 aliphatic carbocycles. The lowest BCUT2D eigenvalue weighted by atomic mass is 10.2. The third-order valence-electron chi connectivity index (χ3n) is 2.98. The summed E-state index contributed by atoms with van der Waals surface area (Å²) in [5.74, 6) is -0.173. The van der Waals surface area contributed by atoms with Crippen molar-refractivity contribution >= 4 is 11.0 Å². The zero-order valence-electron chi connectivity index (χ0n) is 10.7. The van der Waals surface area contributed by atoms with Gasteiger partial charge in [-0.2, -0.15) is 0 Å². The predicted molar refractivity (Wildman–Crippen MR) is 70.3 cm³/mol. The third-order valence-corrected chi connectivity index (χ3v) is 5.81. The first-order valence-electron chi connectivity index (χ1n) is 6.03. The van der Waals surface area contributed by atoms with Gasteiger partial charge in [-0.1, -0.05) is 24.3 Å². The summed E-state index contributed by atoms with van der Waals surface area (Å²) in [7, 11) is 1.66. The number of hydrogen-bond acceptors (Lipinski definition) is 3. The molecular weight excluding hydrogens is 367 g/mol. The molecule has 4 nitrogen and oxygen atoms in total. The Kier molecular flexibility index (Phi) is 3.43. The van der Waals surface area contributed by atoms with Gasteiger partial charge in [0.25, 0.3) is 3.57 Å². The van der Waals surface area contributed by atoms with Crippen molar-refractivity contribution in [3.8, 4) is 5.75 Å². The zero-order valence-corrected chi connectivity index (χ0v) is 12.9. The lowest BCUT2D eigenvalue weighted by Crippen LogP contribution is -3.62. The van der Waals surface area contributed by atoms with Crippen molar-refractivity contribution in [1.29, 1.82) is 0 Å². The Morgan fingerprint density at radius 3 is 2.65 bits per heavy atom. The molecule has 0 amide bonds. The summed E-state index contributed by atoms with van der Waals surface area (Å²) in [5.41, 5.74) is 0.223. The highest BCUT2D eigenvalue weighted by Gasteiger charge is 2.23. The number of hydrogen-bond donors (Lipinski definition) is 0. The van der Waals surface area contributed by atoms with E-state index >= 15 is 0 Å². The molecule has 0 spiro atoms. The number of pyridine rings is 2. The second-order valence-electron chi connectivity index (χ2n) is 4.27. The molecule has 0 unspecified atom stereocenters. The van der Waals surface area contributed by atoms with Crippen LogP contribution in [-0.2, 0) is 7.05 Å². The van der Waals surface area contributed by atoms with Crippen molar-refractivity contribution in [3.63, 3.8) is 0 Å². The fourth-order valence-corrected chi connectivity index (χ4v) is 4.50. The molecule has 5 heteroatoms. The minimum atomic E-state index is -0.780. The van der Waals surface area contributed by atoms with Crippen molar-refractivity contribution in [2.45, 2.75) is 0 Å². The van der Waals surface area contributed by atoms with Gasteiger partial charge in [0, 0.05) is 18.6 Å². The minimum absolute atomic E-state index is 0.173. The standard InChI is InChI=1S/C15H11IN2O2/c1-18-14-11(8-5-9-17-14)13(19)12(15(18)20)16-10-6-3-2-4-7-10/h2-9H,1H3. The van der Waals surface area contributed by atoms with Crippen LogP contribution >= 0.6 is 0 Å². The van der Waals surface area contributed by atoms with Crippen LogP contribution < -0.4 is 31.9 Å². The number of fused-ring (bicyclic) bond motifs is 1. The summed E-state index contributed by atoms with van der Waals surface area (Å²) < 4.78 is 2.93. The van der Waals surface area contributed by atoms with Crippen molar-refractivity contribution in [3.05, 3.63) is 66.2 Å². The topological polar surface area (TPSA) is 58.0 Å². The van der Waals surface area contributed by atoms with Crippen molar-refractivity contribution in [1.82, 2.24) is 9.55 Å². The molecule has 2 aromatic heterocycles. The summed E-state index contributed by atoms with van der Waals surface area (Å²) in [4.78, 5) is 16.5. The Labute approximate surface area is 126 Å². The Morgan fingerprint density at radius 2 is 1.90 bits per heavy atom. The Hall–Kier alpha value is -1.89. The van der Waals surface area contributed by atoms with Gasteiger partial charge < -0.3 is 5.11 Å². The Balaban J connectivity index is 2.23. The van der Waals surface area contributed by atoms with Gasteiger partial charge in [-0.25, -0.2) is 4.98 Å². The number of rotatable bonds is 2. The molecule has 0 saturated carbocycles. The normalized spacial score (nSPS) is 10.8. The van der Waals surface area contributed by atoms with Gasteiger partial charge in [0.1, 0.15) is 5.65 Å². The molecule has 3 rings (SSSR count). The predicted octanol–water partition coefficient (Wildman–Crippen LogP) is -1.86. The number of nitrogens with zero attached hydrogens (tertiary/aromatic N) is 2.